The standard InChI is InChI=1S/C17H15ClN4O2/c1-23-17(21)12-7-11(3-4-13(12)20)24-14-5-2-9-6-10(8-19)16(18)22-15(9)14/h3-4,6-7,14,21H,2,5,20H2,1H3. The number of nitrogens with zero attached hydrogens (tertiary/aromatic N) is 2. The van der Waals surface area contributed by atoms with Gasteiger partial charge in [0.15, 0.2) is 0 Å². The first kappa shape index (κ1) is 16.1. The lowest BCUT2D eigenvalue weighted by Crippen LogP contribution is -2.09. The van der Waals surface area contributed by atoms with E-state index in [-0.39, 0.29) is 17.2 Å². The highest BCUT2D eigenvalue weighted by Crippen LogP contribution is 2.36. The Morgan fingerprint density at radius 3 is 2.96 bits per heavy atom. The van der Waals surface area contributed by atoms with Crippen LogP contribution in [0.1, 0.15) is 34.9 Å². The average molecular weight is 343 g/mol. The van der Waals surface area contributed by atoms with Crippen LogP contribution in [0.5, 0.6) is 5.75 Å². The maximum Gasteiger partial charge on any atom is 0.215 e. The number of pyridine rings is 1. The van der Waals surface area contributed by atoms with Crippen molar-refractivity contribution in [2.45, 2.75) is 18.9 Å². The van der Waals surface area contributed by atoms with E-state index in [2.05, 4.69) is 4.98 Å². The van der Waals surface area contributed by atoms with Crippen LogP contribution in [0.2, 0.25) is 5.15 Å². The Kier molecular flexibility index (Phi) is 4.28. The second kappa shape index (κ2) is 6.38. The molecule has 24 heavy (non-hydrogen) atoms. The van der Waals surface area contributed by atoms with Crippen molar-refractivity contribution in [1.29, 1.82) is 10.7 Å². The van der Waals surface area contributed by atoms with Gasteiger partial charge in [-0.1, -0.05) is 11.6 Å². The number of aromatic nitrogens is 1. The zero-order valence-electron chi connectivity index (χ0n) is 13.0. The van der Waals surface area contributed by atoms with E-state index in [1.165, 1.54) is 7.11 Å². The van der Waals surface area contributed by atoms with Crippen LogP contribution in [0.4, 0.5) is 5.69 Å². The molecule has 122 valence electrons. The number of rotatable bonds is 3. The summed E-state index contributed by atoms with van der Waals surface area (Å²) in [5, 5.41) is 17.0. The molecular formula is C17H15ClN4O2. The number of nitriles is 1. The van der Waals surface area contributed by atoms with Gasteiger partial charge in [-0.3, -0.25) is 5.41 Å². The summed E-state index contributed by atoms with van der Waals surface area (Å²) in [5.41, 5.74) is 8.88. The van der Waals surface area contributed by atoms with Crippen molar-refractivity contribution in [1.82, 2.24) is 4.98 Å². The second-order valence-electron chi connectivity index (χ2n) is 5.41. The normalized spacial score (nSPS) is 15.5. The Labute approximate surface area is 144 Å². The zero-order valence-corrected chi connectivity index (χ0v) is 13.7. The number of nitrogen functional groups attached to an aromatic ring is 1. The van der Waals surface area contributed by atoms with Crippen molar-refractivity contribution in [3.8, 4) is 11.8 Å². The molecule has 0 saturated heterocycles. The van der Waals surface area contributed by atoms with E-state index in [9.17, 15) is 0 Å². The molecule has 0 fully saturated rings. The van der Waals surface area contributed by atoms with Crippen molar-refractivity contribution in [3.63, 3.8) is 0 Å². The SMILES string of the molecule is COC(=N)c1cc(OC2CCc3cc(C#N)c(Cl)nc32)ccc1N. The Morgan fingerprint density at radius 2 is 2.25 bits per heavy atom. The highest BCUT2D eigenvalue weighted by molar-refractivity contribution is 6.30. The quantitative estimate of drug-likeness (QED) is 0.385. The van der Waals surface area contributed by atoms with Gasteiger partial charge in [-0.05, 0) is 42.7 Å². The number of hydrogen-bond donors (Lipinski definition) is 2. The summed E-state index contributed by atoms with van der Waals surface area (Å²) in [6.45, 7) is 0. The van der Waals surface area contributed by atoms with Gasteiger partial charge in [-0.2, -0.15) is 5.26 Å². The molecule has 1 aliphatic carbocycles. The number of anilines is 1. The third-order valence-corrected chi connectivity index (χ3v) is 4.23. The van der Waals surface area contributed by atoms with Gasteiger partial charge >= 0.3 is 0 Å². The van der Waals surface area contributed by atoms with Crippen LogP contribution >= 0.6 is 11.6 Å². The number of methoxy groups -OCH3 is 1. The topological polar surface area (TPSA) is 105 Å². The third-order valence-electron chi connectivity index (χ3n) is 3.94. The molecule has 0 bridgehead atoms. The molecule has 0 radical (unpaired) electrons. The number of nitrogens with one attached hydrogen (secondary N) is 1. The van der Waals surface area contributed by atoms with Gasteiger partial charge < -0.3 is 15.2 Å². The minimum Gasteiger partial charge on any atom is -0.484 e. The number of hydrogen-bond acceptors (Lipinski definition) is 6. The van der Waals surface area contributed by atoms with Crippen LogP contribution in [0.25, 0.3) is 0 Å². The second-order valence-corrected chi connectivity index (χ2v) is 5.77. The van der Waals surface area contributed by atoms with Gasteiger partial charge in [-0.15, -0.1) is 0 Å². The number of halogens is 1. The molecule has 2 aromatic rings. The van der Waals surface area contributed by atoms with Gasteiger partial charge in [0.25, 0.3) is 0 Å². The lowest BCUT2D eigenvalue weighted by Gasteiger charge is -2.16. The molecule has 3 rings (SSSR count). The van der Waals surface area contributed by atoms with Crippen LogP contribution in [0.3, 0.4) is 0 Å². The van der Waals surface area contributed by atoms with Crippen LogP contribution in [0, 0.1) is 16.7 Å². The van der Waals surface area contributed by atoms with Crippen LogP contribution in [-0.2, 0) is 11.2 Å². The number of benzene rings is 1. The van der Waals surface area contributed by atoms with Gasteiger partial charge in [0, 0.05) is 5.69 Å². The van der Waals surface area contributed by atoms with Gasteiger partial charge in [0.1, 0.15) is 23.1 Å². The van der Waals surface area contributed by atoms with E-state index in [0.29, 0.717) is 22.6 Å². The van der Waals surface area contributed by atoms with E-state index in [1.54, 1.807) is 24.3 Å². The maximum absolute atomic E-state index is 9.03. The first-order valence-electron chi connectivity index (χ1n) is 7.32. The Morgan fingerprint density at radius 1 is 1.46 bits per heavy atom. The average Bonchev–Trinajstić information content (AvgIpc) is 2.96. The molecule has 0 spiro atoms. The van der Waals surface area contributed by atoms with E-state index < -0.39 is 0 Å². The van der Waals surface area contributed by atoms with Gasteiger partial charge in [0.05, 0.1) is 23.9 Å². The van der Waals surface area contributed by atoms with Crippen molar-refractivity contribution < 1.29 is 9.47 Å². The largest absolute Gasteiger partial charge is 0.484 e. The minimum atomic E-state index is -0.251. The van der Waals surface area contributed by atoms with Gasteiger partial charge in [0.2, 0.25) is 5.90 Å². The van der Waals surface area contributed by atoms with E-state index in [4.69, 9.17) is 37.5 Å². The Hall–Kier alpha value is -2.78. The summed E-state index contributed by atoms with van der Waals surface area (Å²) >= 11 is 6.03. The summed E-state index contributed by atoms with van der Waals surface area (Å²) in [7, 11) is 1.42. The highest BCUT2D eigenvalue weighted by Gasteiger charge is 2.27. The molecule has 1 heterocycles. The van der Waals surface area contributed by atoms with Crippen molar-refractivity contribution in [2.75, 3.05) is 12.8 Å². The van der Waals surface area contributed by atoms with Crippen molar-refractivity contribution in [2.24, 2.45) is 0 Å². The van der Waals surface area contributed by atoms with Crippen molar-refractivity contribution in [3.05, 3.63) is 51.8 Å². The van der Waals surface area contributed by atoms with E-state index in [0.717, 1.165) is 24.1 Å². The zero-order chi connectivity index (χ0) is 17.3. The fourth-order valence-electron chi connectivity index (χ4n) is 2.72. The Balaban J connectivity index is 1.89. The Bertz CT molecular complexity index is 860. The molecule has 0 amide bonds. The fraction of sp³-hybridized carbons (Fsp3) is 0.235. The lowest BCUT2D eigenvalue weighted by atomic mass is 10.1. The summed E-state index contributed by atoms with van der Waals surface area (Å²) in [4.78, 5) is 4.32. The molecule has 1 aliphatic rings. The molecule has 0 saturated carbocycles. The first-order chi connectivity index (χ1) is 11.5. The summed E-state index contributed by atoms with van der Waals surface area (Å²) < 4.78 is 10.9. The number of fused-ring (bicyclic) bond motifs is 1. The number of ether oxygens (including phenoxy) is 2. The number of aryl methyl sites for hydroxylation is 1. The summed E-state index contributed by atoms with van der Waals surface area (Å²) in [5.74, 6) is 0.547. The van der Waals surface area contributed by atoms with Crippen LogP contribution < -0.4 is 10.5 Å². The molecule has 0 aliphatic heterocycles. The fourth-order valence-corrected chi connectivity index (χ4v) is 2.91. The lowest BCUT2D eigenvalue weighted by molar-refractivity contribution is 0.203. The molecule has 3 N–H and O–H groups in total. The number of nitrogens with two attached hydrogens (primary N) is 1. The van der Waals surface area contributed by atoms with Crippen LogP contribution in [-0.4, -0.2) is 18.0 Å². The molecule has 6 nitrogen and oxygen atoms in total. The smallest absolute Gasteiger partial charge is 0.215 e. The molecular weight excluding hydrogens is 328 g/mol. The monoisotopic (exact) mass is 342 g/mol. The molecule has 7 heteroatoms. The molecule has 1 unspecified atom stereocenters. The van der Waals surface area contributed by atoms with E-state index >= 15 is 0 Å². The summed E-state index contributed by atoms with van der Waals surface area (Å²) in [6.07, 6.45) is 1.27. The van der Waals surface area contributed by atoms with E-state index in [1.807, 2.05) is 6.07 Å². The molecule has 1 aromatic heterocycles. The van der Waals surface area contributed by atoms with Gasteiger partial charge in [-0.25, -0.2) is 4.98 Å². The first-order valence-corrected chi connectivity index (χ1v) is 7.69. The predicted octanol–water partition coefficient (Wildman–Crippen LogP) is 3.23. The molecule has 1 aromatic carbocycles. The minimum absolute atomic E-state index is 0.0235. The van der Waals surface area contributed by atoms with Crippen LogP contribution in [0.15, 0.2) is 24.3 Å². The summed E-state index contributed by atoms with van der Waals surface area (Å²) in [6, 6.07) is 8.89. The highest BCUT2D eigenvalue weighted by atomic mass is 35.5. The van der Waals surface area contributed by atoms with Crippen molar-refractivity contribution >= 4 is 23.2 Å². The maximum atomic E-state index is 9.03. The third kappa shape index (κ3) is 2.86. The molecule has 1 atom stereocenters. The predicted molar refractivity (Wildman–Crippen MR) is 90.3 cm³/mol.